The minimum Gasteiger partial charge on any atom is -0.247 e. The van der Waals surface area contributed by atoms with Crippen molar-refractivity contribution >= 4 is 0 Å². The maximum absolute atomic E-state index is 12.6. The summed E-state index contributed by atoms with van der Waals surface area (Å²) in [4.78, 5) is 37.5. The normalized spacial score (nSPS) is 25.0. The van der Waals surface area contributed by atoms with Gasteiger partial charge in [-0.05, 0) is 30.6 Å². The summed E-state index contributed by atoms with van der Waals surface area (Å²) in [5.74, 6) is 1.27. The predicted molar refractivity (Wildman–Crippen MR) is 88.5 cm³/mol. The molecule has 2 aliphatic carbocycles. The molecule has 0 aromatic carbocycles. The van der Waals surface area contributed by atoms with Crippen LogP contribution < -0.4 is 17.1 Å². The zero-order valence-corrected chi connectivity index (χ0v) is 13.1. The number of nitrogens with zero attached hydrogens (tertiary/aromatic N) is 3. The van der Waals surface area contributed by atoms with Crippen LogP contribution >= 0.6 is 0 Å². The molecular weight excluding hydrogens is 294 g/mol. The van der Waals surface area contributed by atoms with Gasteiger partial charge >= 0.3 is 17.1 Å². The van der Waals surface area contributed by atoms with Crippen molar-refractivity contribution in [3.05, 3.63) is 68.9 Å². The summed E-state index contributed by atoms with van der Waals surface area (Å²) >= 11 is 0. The van der Waals surface area contributed by atoms with E-state index < -0.39 is 17.1 Å². The molecule has 1 heterocycles. The van der Waals surface area contributed by atoms with Crippen LogP contribution in [0.5, 0.6) is 0 Å². The van der Waals surface area contributed by atoms with Crippen molar-refractivity contribution in [1.29, 1.82) is 0 Å². The summed E-state index contributed by atoms with van der Waals surface area (Å²) in [5, 5.41) is 0. The fraction of sp³-hybridized carbons (Fsp3) is 0.471. The van der Waals surface area contributed by atoms with Gasteiger partial charge in [-0.25, -0.2) is 28.1 Å². The van der Waals surface area contributed by atoms with Gasteiger partial charge in [-0.3, -0.25) is 0 Å². The standard InChI is InChI=1S/C17H21N3O3/c1-3-7-18-15(21)19(8-4-2)17(23)20(16(18)22)11-14-10-12-5-6-13(14)9-12/h3-6,12-14H,1-2,7-11H2. The van der Waals surface area contributed by atoms with Crippen LogP contribution in [0, 0.1) is 17.8 Å². The average Bonchev–Trinajstić information content (AvgIpc) is 3.15. The molecule has 6 heteroatoms. The van der Waals surface area contributed by atoms with Gasteiger partial charge in [0.05, 0.1) is 13.1 Å². The Kier molecular flexibility index (Phi) is 4.07. The Bertz CT molecular complexity index is 792. The molecule has 3 rings (SSSR count). The van der Waals surface area contributed by atoms with Crippen LogP contribution in [0.1, 0.15) is 12.8 Å². The molecule has 3 unspecified atom stereocenters. The minimum atomic E-state index is -0.608. The van der Waals surface area contributed by atoms with Crippen LogP contribution in [0.3, 0.4) is 0 Å². The third-order valence-corrected chi connectivity index (χ3v) is 4.84. The molecule has 0 aliphatic heterocycles. The predicted octanol–water partition coefficient (Wildman–Crippen LogP) is 0.756. The van der Waals surface area contributed by atoms with E-state index in [1.807, 2.05) is 0 Å². The van der Waals surface area contributed by atoms with Gasteiger partial charge in [0.1, 0.15) is 0 Å². The molecule has 23 heavy (non-hydrogen) atoms. The first kappa shape index (κ1) is 15.5. The molecular formula is C17H21N3O3. The van der Waals surface area contributed by atoms with E-state index in [-0.39, 0.29) is 19.0 Å². The highest BCUT2D eigenvalue weighted by molar-refractivity contribution is 5.10. The van der Waals surface area contributed by atoms with Gasteiger partial charge in [-0.15, -0.1) is 13.2 Å². The number of fused-ring (bicyclic) bond motifs is 2. The lowest BCUT2D eigenvalue weighted by Crippen LogP contribution is -2.55. The van der Waals surface area contributed by atoms with Gasteiger partial charge in [-0.1, -0.05) is 24.3 Å². The number of hydrogen-bond acceptors (Lipinski definition) is 3. The van der Waals surface area contributed by atoms with Crippen LogP contribution in [0.2, 0.25) is 0 Å². The van der Waals surface area contributed by atoms with Gasteiger partial charge in [0.25, 0.3) is 0 Å². The fourth-order valence-electron chi connectivity index (χ4n) is 3.75. The Labute approximate surface area is 133 Å². The topological polar surface area (TPSA) is 66.0 Å². The van der Waals surface area contributed by atoms with Crippen molar-refractivity contribution in [1.82, 2.24) is 13.7 Å². The van der Waals surface area contributed by atoms with E-state index in [9.17, 15) is 14.4 Å². The Hall–Kier alpha value is -2.37. The first-order valence-electron chi connectivity index (χ1n) is 7.91. The summed E-state index contributed by atoms with van der Waals surface area (Å²) in [7, 11) is 0. The molecule has 2 bridgehead atoms. The van der Waals surface area contributed by atoms with E-state index in [0.29, 0.717) is 18.4 Å². The van der Waals surface area contributed by atoms with Crippen molar-refractivity contribution in [3.8, 4) is 0 Å². The van der Waals surface area contributed by atoms with E-state index in [1.165, 1.54) is 16.7 Å². The van der Waals surface area contributed by atoms with Crippen molar-refractivity contribution in [2.45, 2.75) is 32.5 Å². The molecule has 122 valence electrons. The zero-order valence-electron chi connectivity index (χ0n) is 13.1. The van der Waals surface area contributed by atoms with Gasteiger partial charge < -0.3 is 0 Å². The number of allylic oxidation sites excluding steroid dienone is 4. The molecule has 3 atom stereocenters. The molecule has 1 saturated carbocycles. The first-order valence-corrected chi connectivity index (χ1v) is 7.91. The number of aromatic nitrogens is 3. The van der Waals surface area contributed by atoms with Gasteiger partial charge in [0, 0.05) is 6.54 Å². The summed E-state index contributed by atoms with van der Waals surface area (Å²) in [6.07, 6.45) is 9.47. The summed E-state index contributed by atoms with van der Waals surface area (Å²) in [5.41, 5.74) is -1.71. The SMILES string of the molecule is C=CCn1c(=O)n(CC=C)c(=O)n(CC2CC3C=CC2C3)c1=O. The molecule has 0 saturated heterocycles. The average molecular weight is 315 g/mol. The Morgan fingerprint density at radius 2 is 1.48 bits per heavy atom. The second-order valence-corrected chi connectivity index (χ2v) is 6.30. The monoisotopic (exact) mass is 315 g/mol. The van der Waals surface area contributed by atoms with E-state index in [0.717, 1.165) is 22.0 Å². The van der Waals surface area contributed by atoms with Crippen molar-refractivity contribution in [3.63, 3.8) is 0 Å². The molecule has 0 N–H and O–H groups in total. The van der Waals surface area contributed by atoms with Gasteiger partial charge in [0.2, 0.25) is 0 Å². The maximum atomic E-state index is 12.6. The third kappa shape index (κ3) is 2.58. The lowest BCUT2D eigenvalue weighted by atomic mass is 9.93. The lowest BCUT2D eigenvalue weighted by Gasteiger charge is -2.20. The Balaban J connectivity index is 2.08. The molecule has 0 amide bonds. The molecule has 1 fully saturated rings. The highest BCUT2D eigenvalue weighted by Gasteiger charge is 2.36. The molecule has 6 nitrogen and oxygen atoms in total. The highest BCUT2D eigenvalue weighted by atomic mass is 16.2. The highest BCUT2D eigenvalue weighted by Crippen LogP contribution is 2.43. The Morgan fingerprint density at radius 3 is 1.91 bits per heavy atom. The van der Waals surface area contributed by atoms with E-state index in [2.05, 4.69) is 25.3 Å². The first-order chi connectivity index (χ1) is 11.1. The molecule has 2 aliphatic rings. The van der Waals surface area contributed by atoms with Gasteiger partial charge in [-0.2, -0.15) is 0 Å². The van der Waals surface area contributed by atoms with Crippen molar-refractivity contribution in [2.24, 2.45) is 17.8 Å². The van der Waals surface area contributed by atoms with Crippen LogP contribution in [0.25, 0.3) is 0 Å². The largest absolute Gasteiger partial charge is 0.336 e. The van der Waals surface area contributed by atoms with E-state index in [1.54, 1.807) is 0 Å². The van der Waals surface area contributed by atoms with Crippen LogP contribution in [0.4, 0.5) is 0 Å². The van der Waals surface area contributed by atoms with Crippen LogP contribution in [-0.2, 0) is 19.6 Å². The second-order valence-electron chi connectivity index (χ2n) is 6.30. The third-order valence-electron chi connectivity index (χ3n) is 4.84. The van der Waals surface area contributed by atoms with Crippen molar-refractivity contribution < 1.29 is 0 Å². The van der Waals surface area contributed by atoms with E-state index in [4.69, 9.17) is 0 Å². The smallest absolute Gasteiger partial charge is 0.247 e. The molecule has 1 aromatic rings. The van der Waals surface area contributed by atoms with Crippen molar-refractivity contribution in [2.75, 3.05) is 0 Å². The quantitative estimate of drug-likeness (QED) is 0.728. The van der Waals surface area contributed by atoms with Crippen LogP contribution in [0.15, 0.2) is 51.8 Å². The molecule has 1 aromatic heterocycles. The Morgan fingerprint density at radius 1 is 0.913 bits per heavy atom. The number of hydrogen-bond donors (Lipinski definition) is 0. The zero-order chi connectivity index (χ0) is 16.6. The number of rotatable bonds is 6. The minimum absolute atomic E-state index is 0.0890. The van der Waals surface area contributed by atoms with Crippen LogP contribution in [-0.4, -0.2) is 13.7 Å². The lowest BCUT2D eigenvalue weighted by molar-refractivity contribution is 0.348. The summed E-state index contributed by atoms with van der Waals surface area (Å²) < 4.78 is 3.31. The second kappa shape index (κ2) is 6.02. The summed E-state index contributed by atoms with van der Waals surface area (Å²) in [6, 6.07) is 0. The maximum Gasteiger partial charge on any atom is 0.336 e. The summed E-state index contributed by atoms with van der Waals surface area (Å²) in [6.45, 7) is 7.69. The molecule has 0 spiro atoms. The molecule has 0 radical (unpaired) electrons. The van der Waals surface area contributed by atoms with E-state index >= 15 is 0 Å². The fourth-order valence-corrected chi connectivity index (χ4v) is 3.75. The van der Waals surface area contributed by atoms with Gasteiger partial charge in [0.15, 0.2) is 0 Å².